The molecule has 0 aliphatic heterocycles. The number of thioether (sulfide) groups is 1. The summed E-state index contributed by atoms with van der Waals surface area (Å²) in [5, 5.41) is 0.744. The number of hydrogen-bond acceptors (Lipinski definition) is 7. The highest BCUT2D eigenvalue weighted by Crippen LogP contribution is 2.30. The van der Waals surface area contributed by atoms with Crippen molar-refractivity contribution in [2.24, 2.45) is 0 Å². The van der Waals surface area contributed by atoms with E-state index in [2.05, 4.69) is 0 Å². The van der Waals surface area contributed by atoms with Crippen LogP contribution in [-0.4, -0.2) is 47.9 Å². The van der Waals surface area contributed by atoms with Gasteiger partial charge in [-0.3, -0.25) is 0 Å². The summed E-state index contributed by atoms with van der Waals surface area (Å²) < 4.78 is 40.2. The molecule has 4 aromatic rings. The van der Waals surface area contributed by atoms with E-state index in [1.165, 1.54) is 16.1 Å². The number of ether oxygens (including phenoxy) is 1. The Kier molecular flexibility index (Phi) is 8.17. The quantitative estimate of drug-likeness (QED) is 0.196. The summed E-state index contributed by atoms with van der Waals surface area (Å²) in [6, 6.07) is 16.1. The summed E-state index contributed by atoms with van der Waals surface area (Å²) in [5.41, 5.74) is 2.96. The summed E-state index contributed by atoms with van der Waals surface area (Å²) in [5.74, 6) is 1.05. The van der Waals surface area contributed by atoms with Crippen molar-refractivity contribution in [1.82, 2.24) is 13.9 Å². The zero-order chi connectivity index (χ0) is 25.7. The van der Waals surface area contributed by atoms with E-state index >= 15 is 0 Å². The summed E-state index contributed by atoms with van der Waals surface area (Å²) in [6.07, 6.45) is 1.63. The number of carbonyl (C=O) groups excluding carboxylic acids is 1. The maximum absolute atomic E-state index is 13.1. The van der Waals surface area contributed by atoms with Gasteiger partial charge in [0.05, 0.1) is 40.9 Å². The van der Waals surface area contributed by atoms with Gasteiger partial charge in [-0.05, 0) is 55.0 Å². The fourth-order valence-electron chi connectivity index (χ4n) is 3.88. The molecule has 2 aromatic carbocycles. The van der Waals surface area contributed by atoms with E-state index < -0.39 is 10.0 Å². The molecule has 0 amide bonds. The van der Waals surface area contributed by atoms with Crippen LogP contribution in [0.25, 0.3) is 11.0 Å². The maximum Gasteiger partial charge on any atom is 0.338 e. The van der Waals surface area contributed by atoms with Crippen LogP contribution in [0.4, 0.5) is 0 Å². The molecule has 0 aliphatic rings. The maximum atomic E-state index is 13.1. The van der Waals surface area contributed by atoms with Crippen LogP contribution >= 0.6 is 11.8 Å². The largest absolute Gasteiger partial charge is 0.467 e. The Balaban J connectivity index is 1.65. The molecule has 0 radical (unpaired) electrons. The van der Waals surface area contributed by atoms with Crippen LogP contribution in [0.3, 0.4) is 0 Å². The number of sulfonamides is 1. The molecule has 8 nitrogen and oxygen atoms in total. The first-order valence-electron chi connectivity index (χ1n) is 11.8. The second-order valence-corrected chi connectivity index (χ2v) is 10.9. The number of rotatable bonds is 11. The third kappa shape index (κ3) is 5.50. The molecule has 0 unspecified atom stereocenters. The number of nitrogens with zero attached hydrogens (tertiary/aromatic N) is 3. The van der Waals surface area contributed by atoms with E-state index in [4.69, 9.17) is 14.1 Å². The van der Waals surface area contributed by atoms with E-state index in [0.717, 1.165) is 22.0 Å². The number of benzene rings is 2. The Hall–Kier alpha value is -3.08. The van der Waals surface area contributed by atoms with Gasteiger partial charge in [0.15, 0.2) is 5.16 Å². The number of furan rings is 1. The first-order chi connectivity index (χ1) is 17.4. The molecule has 4 rings (SSSR count). The number of aromatic nitrogens is 2. The van der Waals surface area contributed by atoms with Gasteiger partial charge in [0, 0.05) is 18.8 Å². The molecule has 190 valence electrons. The summed E-state index contributed by atoms with van der Waals surface area (Å²) >= 11 is 1.54. The second kappa shape index (κ2) is 11.3. The smallest absolute Gasteiger partial charge is 0.338 e. The lowest BCUT2D eigenvalue weighted by Gasteiger charge is -2.18. The van der Waals surface area contributed by atoms with Crippen molar-refractivity contribution >= 4 is 38.8 Å². The minimum absolute atomic E-state index is 0.229. The zero-order valence-corrected chi connectivity index (χ0v) is 22.1. The van der Waals surface area contributed by atoms with E-state index in [1.807, 2.05) is 42.7 Å². The van der Waals surface area contributed by atoms with Crippen molar-refractivity contribution in [2.45, 2.75) is 43.1 Å². The number of imidazole rings is 1. The van der Waals surface area contributed by atoms with Gasteiger partial charge in [-0.2, -0.15) is 4.31 Å². The number of esters is 1. The van der Waals surface area contributed by atoms with Crippen molar-refractivity contribution in [3.63, 3.8) is 0 Å². The fraction of sp³-hybridized carbons (Fsp3) is 0.308. The van der Waals surface area contributed by atoms with Gasteiger partial charge in [0.1, 0.15) is 5.76 Å². The van der Waals surface area contributed by atoms with E-state index in [1.54, 1.807) is 43.5 Å². The van der Waals surface area contributed by atoms with Crippen LogP contribution < -0.4 is 0 Å². The van der Waals surface area contributed by atoms with Gasteiger partial charge in [-0.15, -0.1) is 0 Å². The van der Waals surface area contributed by atoms with Crippen LogP contribution in [0.15, 0.2) is 75.3 Å². The van der Waals surface area contributed by atoms with Crippen molar-refractivity contribution in [2.75, 3.05) is 19.7 Å². The first-order valence-corrected chi connectivity index (χ1v) is 14.2. The monoisotopic (exact) mass is 527 g/mol. The van der Waals surface area contributed by atoms with Crippen LogP contribution in [0.5, 0.6) is 0 Å². The number of carbonyl (C=O) groups is 1. The Morgan fingerprint density at radius 1 is 1.08 bits per heavy atom. The molecule has 10 heteroatoms. The molecule has 2 heterocycles. The van der Waals surface area contributed by atoms with Crippen molar-refractivity contribution in [1.29, 1.82) is 0 Å². The Morgan fingerprint density at radius 3 is 2.47 bits per heavy atom. The van der Waals surface area contributed by atoms with Crippen LogP contribution in [0.1, 0.15) is 42.5 Å². The lowest BCUT2D eigenvalue weighted by molar-refractivity contribution is 0.0526. The summed E-state index contributed by atoms with van der Waals surface area (Å²) in [6.45, 7) is 7.03. The highest BCUT2D eigenvalue weighted by molar-refractivity contribution is 7.98. The molecule has 0 aliphatic carbocycles. The summed E-state index contributed by atoms with van der Waals surface area (Å²) in [7, 11) is -3.60. The third-order valence-electron chi connectivity index (χ3n) is 5.75. The number of hydrogen-bond donors (Lipinski definition) is 0. The zero-order valence-electron chi connectivity index (χ0n) is 20.5. The molecule has 0 bridgehead atoms. The molecule has 2 aromatic heterocycles. The summed E-state index contributed by atoms with van der Waals surface area (Å²) in [4.78, 5) is 16.9. The Labute approximate surface area is 215 Å². The predicted molar refractivity (Wildman–Crippen MR) is 140 cm³/mol. The molecule has 0 saturated heterocycles. The number of fused-ring (bicyclic) bond motifs is 1. The predicted octanol–water partition coefficient (Wildman–Crippen LogP) is 5.18. The molecular weight excluding hydrogens is 498 g/mol. The van der Waals surface area contributed by atoms with Gasteiger partial charge in [0.25, 0.3) is 0 Å². The lowest BCUT2D eigenvalue weighted by Crippen LogP contribution is -2.30. The standard InChI is InChI=1S/C26H29N3O5S2/c1-4-28(5-2)36(31,32)22-13-14-24-23(16-22)27-26(29(24)17-21-8-7-15-34-21)35-18-19-9-11-20(12-10-19)25(30)33-6-3/h7-16H,4-6,17-18H2,1-3H3. The van der Waals surface area contributed by atoms with Gasteiger partial charge in [0.2, 0.25) is 10.0 Å². The van der Waals surface area contributed by atoms with Crippen LogP contribution in [-0.2, 0) is 27.1 Å². The molecule has 0 fully saturated rings. The van der Waals surface area contributed by atoms with E-state index in [9.17, 15) is 13.2 Å². The van der Waals surface area contributed by atoms with E-state index in [0.29, 0.717) is 43.1 Å². The van der Waals surface area contributed by atoms with Gasteiger partial charge >= 0.3 is 5.97 Å². The Morgan fingerprint density at radius 2 is 1.83 bits per heavy atom. The minimum Gasteiger partial charge on any atom is -0.467 e. The molecular formula is C26H29N3O5S2. The second-order valence-electron chi connectivity index (χ2n) is 8.01. The van der Waals surface area contributed by atoms with Crippen molar-refractivity contribution < 1.29 is 22.4 Å². The average Bonchev–Trinajstić information content (AvgIpc) is 3.51. The molecule has 0 saturated carbocycles. The first kappa shape index (κ1) is 26.0. The molecule has 0 atom stereocenters. The van der Waals surface area contributed by atoms with Gasteiger partial charge in [-0.25, -0.2) is 18.2 Å². The average molecular weight is 528 g/mol. The van der Waals surface area contributed by atoms with Crippen molar-refractivity contribution in [3.8, 4) is 0 Å². The molecule has 36 heavy (non-hydrogen) atoms. The Bertz CT molecular complexity index is 1420. The van der Waals surface area contributed by atoms with Gasteiger partial charge < -0.3 is 13.7 Å². The fourth-order valence-corrected chi connectivity index (χ4v) is 6.33. The van der Waals surface area contributed by atoms with Crippen LogP contribution in [0.2, 0.25) is 0 Å². The molecule has 0 spiro atoms. The topological polar surface area (TPSA) is 94.6 Å². The highest BCUT2D eigenvalue weighted by atomic mass is 32.2. The van der Waals surface area contributed by atoms with Crippen molar-refractivity contribution in [3.05, 3.63) is 77.7 Å². The minimum atomic E-state index is -3.60. The SMILES string of the molecule is CCOC(=O)c1ccc(CSc2nc3cc(S(=O)(=O)N(CC)CC)ccc3n2Cc2ccco2)cc1. The third-order valence-corrected chi connectivity index (χ3v) is 8.85. The van der Waals surface area contributed by atoms with E-state index in [-0.39, 0.29) is 10.9 Å². The molecule has 0 N–H and O–H groups in total. The van der Waals surface area contributed by atoms with Gasteiger partial charge in [-0.1, -0.05) is 37.7 Å². The highest BCUT2D eigenvalue weighted by Gasteiger charge is 2.23. The lowest BCUT2D eigenvalue weighted by atomic mass is 10.1. The van der Waals surface area contributed by atoms with Crippen LogP contribution in [0, 0.1) is 0 Å². The normalized spacial score (nSPS) is 11.9.